The lowest BCUT2D eigenvalue weighted by atomic mass is 10.1. The molecule has 1 aliphatic rings. The second-order valence-corrected chi connectivity index (χ2v) is 6.90. The number of nitrogens with zero attached hydrogens (tertiary/aromatic N) is 4. The summed E-state index contributed by atoms with van der Waals surface area (Å²) in [6.45, 7) is 2.51. The van der Waals surface area contributed by atoms with E-state index in [0.29, 0.717) is 19.0 Å². The molecular weight excluding hydrogens is 385 g/mol. The van der Waals surface area contributed by atoms with E-state index in [4.69, 9.17) is 0 Å². The number of benzene rings is 2. The predicted octanol–water partition coefficient (Wildman–Crippen LogP) is 2.93. The van der Waals surface area contributed by atoms with Crippen molar-refractivity contribution in [2.75, 3.05) is 11.4 Å². The molecule has 0 saturated carbocycles. The summed E-state index contributed by atoms with van der Waals surface area (Å²) in [5, 5.41) is 4.29. The van der Waals surface area contributed by atoms with Crippen molar-refractivity contribution in [1.82, 2.24) is 14.3 Å². The van der Waals surface area contributed by atoms with Crippen LogP contribution in [-0.4, -0.2) is 20.9 Å². The minimum Gasteiger partial charge on any atom is -0.309 e. The number of aryl methyl sites for hydroxylation is 1. The number of halogens is 3. The molecule has 0 bridgehead atoms. The first kappa shape index (κ1) is 19.0. The monoisotopic (exact) mass is 402 g/mol. The number of alkyl halides is 3. The van der Waals surface area contributed by atoms with Crippen molar-refractivity contribution in [3.63, 3.8) is 0 Å². The van der Waals surface area contributed by atoms with Gasteiger partial charge in [-0.15, -0.1) is 5.10 Å². The van der Waals surface area contributed by atoms with Crippen LogP contribution >= 0.6 is 0 Å². The molecule has 9 heteroatoms. The topological polar surface area (TPSA) is 60.1 Å². The Hall–Kier alpha value is -3.36. The normalized spacial score (nSPS) is 13.6. The Balaban J connectivity index is 1.74. The number of hydrogen-bond acceptors (Lipinski definition) is 4. The lowest BCUT2D eigenvalue weighted by Gasteiger charge is -2.18. The summed E-state index contributed by atoms with van der Waals surface area (Å²) >= 11 is 0. The highest BCUT2D eigenvalue weighted by atomic mass is 19.4. The first-order valence-corrected chi connectivity index (χ1v) is 8.96. The minimum absolute atomic E-state index is 0.229. The zero-order valence-corrected chi connectivity index (χ0v) is 15.5. The van der Waals surface area contributed by atoms with E-state index in [-0.39, 0.29) is 12.1 Å². The number of aromatic nitrogens is 3. The lowest BCUT2D eigenvalue weighted by Crippen LogP contribution is -2.42. The largest absolute Gasteiger partial charge is 0.416 e. The van der Waals surface area contributed by atoms with Gasteiger partial charge < -0.3 is 4.90 Å². The Bertz CT molecular complexity index is 1180. The van der Waals surface area contributed by atoms with Crippen molar-refractivity contribution < 1.29 is 13.2 Å². The Labute approximate surface area is 163 Å². The third-order valence-corrected chi connectivity index (χ3v) is 4.84. The Morgan fingerprint density at radius 1 is 1.00 bits per heavy atom. The van der Waals surface area contributed by atoms with E-state index < -0.39 is 22.9 Å². The second kappa shape index (κ2) is 6.91. The van der Waals surface area contributed by atoms with Crippen LogP contribution in [0.2, 0.25) is 0 Å². The zero-order chi connectivity index (χ0) is 20.8. The Kier molecular flexibility index (Phi) is 4.52. The molecule has 29 heavy (non-hydrogen) atoms. The van der Waals surface area contributed by atoms with Gasteiger partial charge in [-0.3, -0.25) is 14.2 Å². The average molecular weight is 402 g/mol. The molecule has 0 fully saturated rings. The molecule has 1 aromatic heterocycles. The third kappa shape index (κ3) is 3.55. The maximum absolute atomic E-state index is 13.0. The van der Waals surface area contributed by atoms with Crippen molar-refractivity contribution in [2.24, 2.45) is 0 Å². The predicted molar refractivity (Wildman–Crippen MR) is 101 cm³/mol. The van der Waals surface area contributed by atoms with E-state index in [0.717, 1.165) is 28.1 Å². The van der Waals surface area contributed by atoms with E-state index in [2.05, 4.69) is 5.10 Å². The Morgan fingerprint density at radius 2 is 1.72 bits per heavy atom. The summed E-state index contributed by atoms with van der Waals surface area (Å²) in [5.74, 6) is 0.297. The summed E-state index contributed by atoms with van der Waals surface area (Å²) < 4.78 is 41.1. The zero-order valence-electron chi connectivity index (χ0n) is 15.5. The van der Waals surface area contributed by atoms with Crippen LogP contribution in [0.1, 0.15) is 16.7 Å². The van der Waals surface area contributed by atoms with Crippen LogP contribution in [0.15, 0.2) is 58.1 Å². The van der Waals surface area contributed by atoms with Crippen LogP contribution in [0.4, 0.5) is 24.8 Å². The van der Waals surface area contributed by atoms with Gasteiger partial charge in [-0.05, 0) is 36.8 Å². The SMILES string of the molecule is Cc1ccc(N2CCn3c2nn(Cc2cccc(C(F)(F)F)c2)c(=O)c3=O)cc1. The number of rotatable bonds is 3. The van der Waals surface area contributed by atoms with Crippen molar-refractivity contribution in [3.05, 3.63) is 85.9 Å². The fourth-order valence-electron chi connectivity index (χ4n) is 3.32. The van der Waals surface area contributed by atoms with Gasteiger partial charge in [0.25, 0.3) is 0 Å². The minimum atomic E-state index is -4.49. The van der Waals surface area contributed by atoms with Crippen molar-refractivity contribution in [3.8, 4) is 0 Å². The second-order valence-electron chi connectivity index (χ2n) is 6.90. The van der Waals surface area contributed by atoms with Crippen molar-refractivity contribution in [1.29, 1.82) is 0 Å². The lowest BCUT2D eigenvalue weighted by molar-refractivity contribution is -0.137. The number of anilines is 2. The van der Waals surface area contributed by atoms with Gasteiger partial charge in [-0.2, -0.15) is 13.2 Å². The highest BCUT2D eigenvalue weighted by molar-refractivity contribution is 5.59. The molecular formula is C20H17F3N4O2. The summed E-state index contributed by atoms with van der Waals surface area (Å²) in [6, 6.07) is 12.3. The molecule has 0 amide bonds. The molecule has 1 aliphatic heterocycles. The van der Waals surface area contributed by atoms with Gasteiger partial charge in [-0.1, -0.05) is 29.8 Å². The van der Waals surface area contributed by atoms with Crippen LogP contribution in [0.5, 0.6) is 0 Å². The van der Waals surface area contributed by atoms with Gasteiger partial charge in [0.1, 0.15) is 0 Å². The van der Waals surface area contributed by atoms with Crippen LogP contribution < -0.4 is 16.0 Å². The average Bonchev–Trinajstić information content (AvgIpc) is 3.10. The molecule has 0 unspecified atom stereocenters. The number of fused-ring (bicyclic) bond motifs is 1. The fraction of sp³-hybridized carbons (Fsp3) is 0.250. The van der Waals surface area contributed by atoms with Gasteiger partial charge in [-0.25, -0.2) is 4.68 Å². The van der Waals surface area contributed by atoms with Gasteiger partial charge in [0.05, 0.1) is 12.1 Å². The van der Waals surface area contributed by atoms with Crippen molar-refractivity contribution in [2.45, 2.75) is 26.2 Å². The molecule has 4 rings (SSSR count). The van der Waals surface area contributed by atoms with Crippen LogP contribution in [0.3, 0.4) is 0 Å². The quantitative estimate of drug-likeness (QED) is 0.632. The van der Waals surface area contributed by atoms with E-state index in [1.807, 2.05) is 36.1 Å². The first-order chi connectivity index (χ1) is 13.7. The maximum Gasteiger partial charge on any atom is 0.416 e. The maximum atomic E-state index is 13.0. The number of hydrogen-bond donors (Lipinski definition) is 0. The van der Waals surface area contributed by atoms with Gasteiger partial charge >= 0.3 is 17.3 Å². The molecule has 0 aliphatic carbocycles. The molecule has 2 aromatic carbocycles. The van der Waals surface area contributed by atoms with Crippen molar-refractivity contribution >= 4 is 11.6 Å². The highest BCUT2D eigenvalue weighted by Crippen LogP contribution is 2.30. The molecule has 0 spiro atoms. The fourth-order valence-corrected chi connectivity index (χ4v) is 3.32. The molecule has 0 N–H and O–H groups in total. The van der Waals surface area contributed by atoms with Crippen LogP contribution in [-0.2, 0) is 19.3 Å². The molecule has 3 aromatic rings. The summed E-state index contributed by atoms with van der Waals surface area (Å²) in [5.41, 5.74) is -0.291. The van der Waals surface area contributed by atoms with Crippen LogP contribution in [0.25, 0.3) is 0 Å². The molecule has 6 nitrogen and oxygen atoms in total. The van der Waals surface area contributed by atoms with E-state index in [1.165, 1.54) is 16.7 Å². The van der Waals surface area contributed by atoms with Gasteiger partial charge in [0.2, 0.25) is 5.95 Å². The van der Waals surface area contributed by atoms with E-state index in [1.54, 1.807) is 0 Å². The van der Waals surface area contributed by atoms with Gasteiger partial charge in [0, 0.05) is 18.8 Å². The third-order valence-electron chi connectivity index (χ3n) is 4.84. The first-order valence-electron chi connectivity index (χ1n) is 8.96. The summed E-state index contributed by atoms with van der Waals surface area (Å²) in [7, 11) is 0. The molecule has 0 atom stereocenters. The highest BCUT2D eigenvalue weighted by Gasteiger charge is 2.30. The van der Waals surface area contributed by atoms with Gasteiger partial charge in [0.15, 0.2) is 0 Å². The summed E-state index contributed by atoms with van der Waals surface area (Å²) in [4.78, 5) is 26.7. The summed E-state index contributed by atoms with van der Waals surface area (Å²) in [6.07, 6.45) is -4.49. The standard InChI is InChI=1S/C20H17F3N4O2/c1-13-5-7-16(8-6-13)25-9-10-26-17(28)18(29)27(24-19(25)26)12-14-3-2-4-15(11-14)20(21,22)23/h2-8,11H,9-10,12H2,1H3. The van der Waals surface area contributed by atoms with E-state index in [9.17, 15) is 22.8 Å². The van der Waals surface area contributed by atoms with E-state index >= 15 is 0 Å². The molecule has 0 saturated heterocycles. The molecule has 150 valence electrons. The van der Waals surface area contributed by atoms with Crippen LogP contribution in [0, 0.1) is 6.92 Å². The molecule has 2 heterocycles. The Morgan fingerprint density at radius 3 is 2.41 bits per heavy atom. The smallest absolute Gasteiger partial charge is 0.309 e. The molecule has 0 radical (unpaired) electrons.